The molecule has 2 heterocycles. The van der Waals surface area contributed by atoms with Gasteiger partial charge in [0.05, 0.1) is 28.5 Å². The Bertz CT molecular complexity index is 1130. The van der Waals surface area contributed by atoms with E-state index in [4.69, 9.17) is 14.5 Å². The Morgan fingerprint density at radius 1 is 1.09 bits per heavy atom. The third-order valence-electron chi connectivity index (χ3n) is 6.04. The minimum atomic E-state index is -0.00964. The van der Waals surface area contributed by atoms with Crippen LogP contribution in [0.4, 0.5) is 0 Å². The minimum absolute atomic E-state index is 0.00964. The summed E-state index contributed by atoms with van der Waals surface area (Å²) >= 11 is 0. The van der Waals surface area contributed by atoms with Crippen molar-refractivity contribution in [1.82, 2.24) is 15.0 Å². The molecule has 170 valence electrons. The maximum atomic E-state index is 13.4. The number of nitrogens with zero attached hydrogens (tertiary/aromatic N) is 4. The van der Waals surface area contributed by atoms with Crippen LogP contribution in [0.5, 0.6) is 5.75 Å². The summed E-state index contributed by atoms with van der Waals surface area (Å²) in [6.45, 7) is 7.95. The summed E-state index contributed by atoms with van der Waals surface area (Å²) < 4.78 is 11.2. The SMILES string of the molecule is Cc1noc(C)c1COc1ccccc1C(=O)N1CCCN(Cc2ccc(C#N)cc2)CC1. The second kappa shape index (κ2) is 10.3. The molecule has 4 rings (SSSR count). The van der Waals surface area contributed by atoms with Crippen molar-refractivity contribution >= 4 is 5.91 Å². The summed E-state index contributed by atoms with van der Waals surface area (Å²) in [7, 11) is 0. The fourth-order valence-corrected chi connectivity index (χ4v) is 4.07. The Balaban J connectivity index is 1.39. The molecule has 0 N–H and O–H groups in total. The third kappa shape index (κ3) is 5.41. The molecule has 0 radical (unpaired) electrons. The Labute approximate surface area is 194 Å². The molecule has 0 unspecified atom stereocenters. The molecular formula is C26H28N4O3. The van der Waals surface area contributed by atoms with Crippen molar-refractivity contribution in [2.24, 2.45) is 0 Å². The van der Waals surface area contributed by atoms with Crippen LogP contribution in [-0.2, 0) is 13.2 Å². The molecule has 1 fully saturated rings. The van der Waals surface area contributed by atoms with Crippen LogP contribution >= 0.6 is 0 Å². The predicted octanol–water partition coefficient (Wildman–Crippen LogP) is 4.09. The predicted molar refractivity (Wildman–Crippen MR) is 124 cm³/mol. The number of para-hydroxylation sites is 1. The number of benzene rings is 2. The van der Waals surface area contributed by atoms with E-state index in [9.17, 15) is 4.79 Å². The summed E-state index contributed by atoms with van der Waals surface area (Å²) in [4.78, 5) is 17.6. The monoisotopic (exact) mass is 444 g/mol. The number of hydrogen-bond donors (Lipinski definition) is 0. The van der Waals surface area contributed by atoms with E-state index in [0.717, 1.165) is 43.1 Å². The smallest absolute Gasteiger partial charge is 0.257 e. The van der Waals surface area contributed by atoms with Gasteiger partial charge in [0.15, 0.2) is 0 Å². The molecular weight excluding hydrogens is 416 g/mol. The molecule has 3 aromatic rings. The highest BCUT2D eigenvalue weighted by Gasteiger charge is 2.23. The molecule has 2 aromatic carbocycles. The topological polar surface area (TPSA) is 82.6 Å². The van der Waals surface area contributed by atoms with E-state index in [1.165, 1.54) is 5.56 Å². The van der Waals surface area contributed by atoms with Crippen molar-refractivity contribution in [1.29, 1.82) is 5.26 Å². The fraction of sp³-hybridized carbons (Fsp3) is 0.346. The van der Waals surface area contributed by atoms with Crippen LogP contribution in [0.1, 0.15) is 44.9 Å². The number of nitriles is 1. The number of hydrogen-bond acceptors (Lipinski definition) is 6. The molecule has 1 aliphatic heterocycles. The first-order valence-corrected chi connectivity index (χ1v) is 11.2. The Morgan fingerprint density at radius 2 is 1.88 bits per heavy atom. The van der Waals surface area contributed by atoms with Gasteiger partial charge in [0.25, 0.3) is 5.91 Å². The van der Waals surface area contributed by atoms with Crippen LogP contribution in [0.3, 0.4) is 0 Å². The van der Waals surface area contributed by atoms with Gasteiger partial charge in [-0.15, -0.1) is 0 Å². The van der Waals surface area contributed by atoms with Gasteiger partial charge in [0.2, 0.25) is 0 Å². The molecule has 1 aliphatic rings. The summed E-state index contributed by atoms with van der Waals surface area (Å²) in [5.41, 5.74) is 4.12. The summed E-state index contributed by atoms with van der Waals surface area (Å²) in [6.07, 6.45) is 0.907. The molecule has 0 bridgehead atoms. The van der Waals surface area contributed by atoms with E-state index >= 15 is 0 Å². The van der Waals surface area contributed by atoms with E-state index in [-0.39, 0.29) is 5.91 Å². The van der Waals surface area contributed by atoms with E-state index in [1.54, 1.807) is 0 Å². The first-order valence-electron chi connectivity index (χ1n) is 11.2. The number of aryl methyl sites for hydroxylation is 2. The van der Waals surface area contributed by atoms with Gasteiger partial charge in [0.1, 0.15) is 18.1 Å². The lowest BCUT2D eigenvalue weighted by Gasteiger charge is -2.23. The van der Waals surface area contributed by atoms with Crippen LogP contribution in [0.25, 0.3) is 0 Å². The number of carbonyl (C=O) groups excluding carboxylic acids is 1. The second-order valence-corrected chi connectivity index (χ2v) is 8.32. The van der Waals surface area contributed by atoms with Gasteiger partial charge in [-0.3, -0.25) is 9.69 Å². The fourth-order valence-electron chi connectivity index (χ4n) is 4.07. The molecule has 7 heteroatoms. The number of aromatic nitrogens is 1. The molecule has 0 spiro atoms. The molecule has 1 saturated heterocycles. The van der Waals surface area contributed by atoms with E-state index in [0.29, 0.717) is 36.6 Å². The lowest BCUT2D eigenvalue weighted by Crippen LogP contribution is -2.35. The van der Waals surface area contributed by atoms with Gasteiger partial charge >= 0.3 is 0 Å². The van der Waals surface area contributed by atoms with Crippen molar-refractivity contribution in [2.75, 3.05) is 26.2 Å². The molecule has 0 atom stereocenters. The summed E-state index contributed by atoms with van der Waals surface area (Å²) in [6, 6.07) is 17.2. The summed E-state index contributed by atoms with van der Waals surface area (Å²) in [5, 5.41) is 12.9. The number of carbonyl (C=O) groups is 1. The maximum absolute atomic E-state index is 13.4. The average molecular weight is 445 g/mol. The Hall–Kier alpha value is -3.63. The van der Waals surface area contributed by atoms with E-state index < -0.39 is 0 Å². The van der Waals surface area contributed by atoms with Crippen molar-refractivity contribution < 1.29 is 14.1 Å². The van der Waals surface area contributed by atoms with Gasteiger partial charge in [0, 0.05) is 32.7 Å². The van der Waals surface area contributed by atoms with Crippen LogP contribution in [0.15, 0.2) is 53.1 Å². The zero-order valence-corrected chi connectivity index (χ0v) is 19.1. The molecule has 0 aliphatic carbocycles. The third-order valence-corrected chi connectivity index (χ3v) is 6.04. The van der Waals surface area contributed by atoms with Gasteiger partial charge in [-0.2, -0.15) is 5.26 Å². The molecule has 1 amide bonds. The van der Waals surface area contributed by atoms with Gasteiger partial charge in [-0.25, -0.2) is 0 Å². The quantitative estimate of drug-likeness (QED) is 0.570. The lowest BCUT2D eigenvalue weighted by molar-refractivity contribution is 0.0756. The van der Waals surface area contributed by atoms with Crippen LogP contribution in [0, 0.1) is 25.2 Å². The van der Waals surface area contributed by atoms with Crippen molar-refractivity contribution in [3.05, 3.63) is 82.2 Å². The average Bonchev–Trinajstić information content (AvgIpc) is 3.01. The van der Waals surface area contributed by atoms with E-state index in [1.807, 2.05) is 67.3 Å². The Kier molecular flexibility index (Phi) is 7.06. The van der Waals surface area contributed by atoms with Crippen molar-refractivity contribution in [2.45, 2.75) is 33.4 Å². The lowest BCUT2D eigenvalue weighted by atomic mass is 10.1. The minimum Gasteiger partial charge on any atom is -0.488 e. The first-order chi connectivity index (χ1) is 16.0. The van der Waals surface area contributed by atoms with Crippen molar-refractivity contribution in [3.63, 3.8) is 0 Å². The van der Waals surface area contributed by atoms with Crippen LogP contribution < -0.4 is 4.74 Å². The normalized spacial score (nSPS) is 14.5. The highest BCUT2D eigenvalue weighted by atomic mass is 16.5. The molecule has 1 aromatic heterocycles. The highest BCUT2D eigenvalue weighted by Crippen LogP contribution is 2.23. The summed E-state index contributed by atoms with van der Waals surface area (Å²) in [5.74, 6) is 1.29. The van der Waals surface area contributed by atoms with Gasteiger partial charge in [-0.05, 0) is 50.1 Å². The van der Waals surface area contributed by atoms with Gasteiger partial charge < -0.3 is 14.2 Å². The molecule has 7 nitrogen and oxygen atoms in total. The largest absolute Gasteiger partial charge is 0.488 e. The first kappa shape index (κ1) is 22.6. The standard InChI is InChI=1S/C26H28N4O3/c1-19-24(20(2)33-28-19)18-32-25-7-4-3-6-23(25)26(31)30-13-5-12-29(14-15-30)17-22-10-8-21(16-27)9-11-22/h3-4,6-11H,5,12-15,17-18H2,1-2H3. The van der Waals surface area contributed by atoms with E-state index in [2.05, 4.69) is 16.1 Å². The number of amides is 1. The van der Waals surface area contributed by atoms with Gasteiger partial charge in [-0.1, -0.05) is 29.4 Å². The van der Waals surface area contributed by atoms with Crippen LogP contribution in [-0.4, -0.2) is 47.0 Å². The zero-order valence-electron chi connectivity index (χ0n) is 19.1. The molecule has 0 saturated carbocycles. The zero-order chi connectivity index (χ0) is 23.2. The number of ether oxygens (including phenoxy) is 1. The van der Waals surface area contributed by atoms with Crippen molar-refractivity contribution in [3.8, 4) is 11.8 Å². The Morgan fingerprint density at radius 3 is 2.61 bits per heavy atom. The second-order valence-electron chi connectivity index (χ2n) is 8.32. The maximum Gasteiger partial charge on any atom is 0.257 e. The van der Waals surface area contributed by atoms with Crippen LogP contribution in [0.2, 0.25) is 0 Å². The molecule has 33 heavy (non-hydrogen) atoms. The highest BCUT2D eigenvalue weighted by molar-refractivity contribution is 5.97. The number of rotatable bonds is 6.